The van der Waals surface area contributed by atoms with Gasteiger partial charge in [-0.25, -0.2) is 4.57 Å². The minimum absolute atomic E-state index is 0.0178. The Kier molecular flexibility index (Phi) is 30.9. The summed E-state index contributed by atoms with van der Waals surface area (Å²) in [7, 11) is -4.44. The number of allylic oxidation sites excluding steroid dienone is 9. The highest BCUT2D eigenvalue weighted by molar-refractivity contribution is 7.47. The van der Waals surface area contributed by atoms with Crippen molar-refractivity contribution in [1.82, 2.24) is 0 Å². The first-order chi connectivity index (χ1) is 27.5. The first-order valence-electron chi connectivity index (χ1n) is 21.2. The molecular weight excluding hydrogens is 745 g/mol. The van der Waals surface area contributed by atoms with Crippen LogP contribution in [0.5, 0.6) is 0 Å². The van der Waals surface area contributed by atoms with Crippen LogP contribution in [-0.2, 0) is 45.5 Å². The summed E-state index contributed by atoms with van der Waals surface area (Å²) in [6.45, 7) is 7.57. The van der Waals surface area contributed by atoms with E-state index in [1.165, 1.54) is 11.1 Å². The number of phosphoric acid groups is 1. The van der Waals surface area contributed by atoms with Crippen LogP contribution in [0.3, 0.4) is 0 Å². The van der Waals surface area contributed by atoms with E-state index < -0.39 is 38.6 Å². The number of esters is 2. The summed E-state index contributed by atoms with van der Waals surface area (Å²) in [6.07, 6.45) is 34.2. The van der Waals surface area contributed by atoms with Gasteiger partial charge in [-0.3, -0.25) is 18.6 Å². The van der Waals surface area contributed by atoms with Crippen molar-refractivity contribution in [3.8, 4) is 0 Å². The van der Waals surface area contributed by atoms with Crippen LogP contribution in [-0.4, -0.2) is 60.5 Å². The van der Waals surface area contributed by atoms with Gasteiger partial charge in [0.2, 0.25) is 0 Å². The average Bonchev–Trinajstić information content (AvgIpc) is 3.45. The number of rotatable bonds is 35. The number of hydrogen-bond donors (Lipinski definition) is 3. The highest BCUT2D eigenvalue weighted by atomic mass is 31.2. The first-order valence-corrected chi connectivity index (χ1v) is 22.7. The Morgan fingerprint density at radius 1 is 0.737 bits per heavy atom. The van der Waals surface area contributed by atoms with Gasteiger partial charge in [-0.2, -0.15) is 0 Å². The maximum Gasteiger partial charge on any atom is 0.472 e. The van der Waals surface area contributed by atoms with Crippen molar-refractivity contribution in [2.45, 2.75) is 162 Å². The number of aryl methyl sites for hydroxylation is 2. The molecule has 0 bridgehead atoms. The molecule has 0 radical (unpaired) electrons. The van der Waals surface area contributed by atoms with Gasteiger partial charge in [0.15, 0.2) is 6.10 Å². The summed E-state index contributed by atoms with van der Waals surface area (Å²) in [5.41, 5.74) is 7.94. The molecule has 0 saturated heterocycles. The number of furan rings is 1. The molecule has 1 heterocycles. The molecule has 0 aromatic carbocycles. The maximum absolute atomic E-state index is 12.6. The maximum atomic E-state index is 12.6. The molecule has 57 heavy (non-hydrogen) atoms. The molecule has 0 aliphatic carbocycles. The lowest BCUT2D eigenvalue weighted by Gasteiger charge is -2.20. The first kappa shape index (κ1) is 52.0. The predicted octanol–water partition coefficient (Wildman–Crippen LogP) is 10.3. The topological polar surface area (TPSA) is 168 Å². The monoisotopic (exact) mass is 820 g/mol. The Morgan fingerprint density at radius 2 is 1.32 bits per heavy atom. The largest absolute Gasteiger partial charge is 0.472 e. The minimum atomic E-state index is -4.44. The number of phosphoric ester groups is 1. The smallest absolute Gasteiger partial charge is 0.466 e. The Balaban J connectivity index is 2.34. The molecule has 0 aliphatic heterocycles. The predicted molar refractivity (Wildman–Crippen MR) is 229 cm³/mol. The van der Waals surface area contributed by atoms with E-state index in [0.717, 1.165) is 101 Å². The summed E-state index contributed by atoms with van der Waals surface area (Å²) < 4.78 is 38.8. The van der Waals surface area contributed by atoms with Crippen LogP contribution in [0.15, 0.2) is 65.2 Å². The van der Waals surface area contributed by atoms with Crippen molar-refractivity contribution in [2.24, 2.45) is 5.73 Å². The molecule has 3 atom stereocenters. The summed E-state index contributed by atoms with van der Waals surface area (Å²) in [6, 6.07) is 0. The molecule has 0 spiro atoms. The van der Waals surface area contributed by atoms with Gasteiger partial charge < -0.3 is 29.6 Å². The highest BCUT2D eigenvalue weighted by Gasteiger charge is 2.26. The van der Waals surface area contributed by atoms with Crippen molar-refractivity contribution in [2.75, 3.05) is 26.4 Å². The molecule has 2 unspecified atom stereocenters. The van der Waals surface area contributed by atoms with E-state index in [0.29, 0.717) is 19.3 Å². The van der Waals surface area contributed by atoms with Gasteiger partial charge in [0.25, 0.3) is 0 Å². The SMILES string of the molecule is CC/C=C\C/C=C\C/C=C\C/C=C\C=C\C(O)CCCC(=O)OC[C@H](COP(=O)(O)OCCN)OC(=O)CCCCCCCCCCc1oc(CCC)c(C)c1C. The Labute approximate surface area is 343 Å². The molecule has 0 saturated carbocycles. The van der Waals surface area contributed by atoms with Crippen LogP contribution in [0, 0.1) is 13.8 Å². The molecule has 0 aliphatic rings. The third-order valence-corrected chi connectivity index (χ3v) is 10.2. The summed E-state index contributed by atoms with van der Waals surface area (Å²) in [5, 5.41) is 10.2. The van der Waals surface area contributed by atoms with Crippen LogP contribution in [0.1, 0.15) is 146 Å². The molecular formula is C45H74NO10P. The number of aliphatic hydroxyl groups is 1. The Morgan fingerprint density at radius 3 is 1.95 bits per heavy atom. The number of aliphatic hydroxyl groups excluding tert-OH is 1. The summed E-state index contributed by atoms with van der Waals surface area (Å²) in [4.78, 5) is 35.0. The van der Waals surface area contributed by atoms with Gasteiger partial charge in [-0.1, -0.05) is 113 Å². The van der Waals surface area contributed by atoms with Gasteiger partial charge in [-0.15, -0.1) is 0 Å². The standard InChI is InChI=1S/C45H74NO10P/c1-5-7-8-9-10-11-12-13-14-15-18-21-24-29-40(47)30-27-33-44(48)52-36-41(37-54-57(50,51)53-35-34-46)55-45(49)32-26-23-20-17-16-19-22-25-31-43-39(4)38(3)42(56-43)28-6-2/h7-8,10-11,13-14,18,21,24,29,40-41,47H,5-6,9,12,15-17,19-20,22-23,25-28,30-37,46H2,1-4H3,(H,50,51)/b8-7-,11-10-,14-13-,21-18-,29-24+/t40?,41-/m1/s1. The van der Waals surface area contributed by atoms with Crippen LogP contribution in [0.25, 0.3) is 0 Å². The van der Waals surface area contributed by atoms with Crippen LogP contribution >= 0.6 is 7.82 Å². The average molecular weight is 820 g/mol. The second-order valence-electron chi connectivity index (χ2n) is 14.3. The fraction of sp³-hybridized carbons (Fsp3) is 0.644. The fourth-order valence-electron chi connectivity index (χ4n) is 5.83. The van der Waals surface area contributed by atoms with Crippen LogP contribution < -0.4 is 5.73 Å². The van der Waals surface area contributed by atoms with E-state index in [-0.39, 0.29) is 32.6 Å². The lowest BCUT2D eigenvalue weighted by atomic mass is 10.0. The summed E-state index contributed by atoms with van der Waals surface area (Å²) >= 11 is 0. The molecule has 1 aromatic rings. The number of carbonyl (C=O) groups is 2. The Hall–Kier alpha value is -3.05. The van der Waals surface area contributed by atoms with E-state index in [1.807, 2.05) is 12.2 Å². The molecule has 11 nitrogen and oxygen atoms in total. The minimum Gasteiger partial charge on any atom is -0.466 e. The third kappa shape index (κ3) is 28.1. The molecule has 4 N–H and O–H groups in total. The van der Waals surface area contributed by atoms with E-state index >= 15 is 0 Å². The zero-order chi connectivity index (χ0) is 42.0. The zero-order valence-corrected chi connectivity index (χ0v) is 36.3. The zero-order valence-electron chi connectivity index (χ0n) is 35.4. The van der Waals surface area contributed by atoms with Gasteiger partial charge in [0.1, 0.15) is 18.1 Å². The van der Waals surface area contributed by atoms with E-state index in [4.69, 9.17) is 28.7 Å². The lowest BCUT2D eigenvalue weighted by molar-refractivity contribution is -0.161. The summed E-state index contributed by atoms with van der Waals surface area (Å²) in [5.74, 6) is 1.20. The van der Waals surface area contributed by atoms with Crippen molar-refractivity contribution < 1.29 is 47.1 Å². The third-order valence-electron chi connectivity index (χ3n) is 9.19. The van der Waals surface area contributed by atoms with Crippen LogP contribution in [0.4, 0.5) is 0 Å². The van der Waals surface area contributed by atoms with Crippen molar-refractivity contribution in [3.63, 3.8) is 0 Å². The molecule has 1 aromatic heterocycles. The number of hydrogen-bond acceptors (Lipinski definition) is 10. The van der Waals surface area contributed by atoms with E-state index in [1.54, 1.807) is 12.2 Å². The van der Waals surface area contributed by atoms with Crippen molar-refractivity contribution in [3.05, 3.63) is 83.4 Å². The fourth-order valence-corrected chi connectivity index (χ4v) is 6.59. The Bertz CT molecular complexity index is 1410. The van der Waals surface area contributed by atoms with Gasteiger partial charge >= 0.3 is 19.8 Å². The van der Waals surface area contributed by atoms with Gasteiger partial charge in [-0.05, 0) is 82.8 Å². The number of ether oxygens (including phenoxy) is 2. The van der Waals surface area contributed by atoms with Crippen molar-refractivity contribution >= 4 is 19.8 Å². The normalized spacial score (nSPS) is 14.4. The number of unbranched alkanes of at least 4 members (excludes halogenated alkanes) is 7. The second kappa shape index (κ2) is 33.9. The van der Waals surface area contributed by atoms with E-state index in [2.05, 4.69) is 64.2 Å². The molecule has 324 valence electrons. The lowest BCUT2D eigenvalue weighted by Crippen LogP contribution is -2.29. The second-order valence-corrected chi connectivity index (χ2v) is 15.7. The molecule has 1 rings (SSSR count). The quantitative estimate of drug-likeness (QED) is 0.0196. The number of carbonyl (C=O) groups excluding carboxylic acids is 2. The van der Waals surface area contributed by atoms with Crippen molar-refractivity contribution in [1.29, 1.82) is 0 Å². The van der Waals surface area contributed by atoms with Gasteiger partial charge in [0, 0.05) is 32.2 Å². The molecule has 0 amide bonds. The van der Waals surface area contributed by atoms with Gasteiger partial charge in [0.05, 0.1) is 19.3 Å². The molecule has 0 fully saturated rings. The van der Waals surface area contributed by atoms with E-state index in [9.17, 15) is 24.2 Å². The highest BCUT2D eigenvalue weighted by Crippen LogP contribution is 2.43. The molecule has 12 heteroatoms. The number of nitrogens with two attached hydrogens (primary N) is 1. The van der Waals surface area contributed by atoms with Crippen LogP contribution in [0.2, 0.25) is 0 Å².